The number of methoxy groups -OCH3 is 1. The van der Waals surface area contributed by atoms with Crippen molar-refractivity contribution in [1.82, 2.24) is 5.32 Å². The molecule has 0 bridgehead atoms. The van der Waals surface area contributed by atoms with Crippen LogP contribution in [-0.4, -0.2) is 18.4 Å². The summed E-state index contributed by atoms with van der Waals surface area (Å²) in [6.45, 7) is 0. The van der Waals surface area contributed by atoms with Crippen molar-refractivity contribution < 1.29 is 9.53 Å². The Kier molecular flexibility index (Phi) is 2.63. The number of rotatable bonds is 3. The smallest absolute Gasteiger partial charge is 0.223 e. The van der Waals surface area contributed by atoms with E-state index in [-0.39, 0.29) is 11.3 Å². The summed E-state index contributed by atoms with van der Waals surface area (Å²) in [4.78, 5) is 11.8. The Hall–Kier alpha value is -1.16. The lowest BCUT2D eigenvalue weighted by Crippen LogP contribution is -2.46. The molecule has 0 spiro atoms. The fourth-order valence-corrected chi connectivity index (χ4v) is 2.33. The van der Waals surface area contributed by atoms with Crippen molar-refractivity contribution in [3.05, 3.63) is 24.3 Å². The van der Waals surface area contributed by atoms with Gasteiger partial charge in [0.25, 0.3) is 0 Å². The molecule has 1 fully saturated rings. The van der Waals surface area contributed by atoms with Crippen LogP contribution < -0.4 is 10.1 Å². The zero-order valence-corrected chi connectivity index (χ0v) is 8.64. The highest BCUT2D eigenvalue weighted by molar-refractivity contribution is 8.00. The van der Waals surface area contributed by atoms with Gasteiger partial charge in [0.1, 0.15) is 5.75 Å². The van der Waals surface area contributed by atoms with Crippen LogP contribution in [0.4, 0.5) is 0 Å². The number of carbonyl (C=O) groups excluding carboxylic acids is 1. The third-order valence-corrected chi connectivity index (χ3v) is 3.11. The Bertz CT molecular complexity index is 346. The van der Waals surface area contributed by atoms with E-state index in [1.165, 1.54) is 0 Å². The van der Waals surface area contributed by atoms with E-state index in [0.29, 0.717) is 6.42 Å². The third-order valence-electron chi connectivity index (χ3n) is 2.01. The van der Waals surface area contributed by atoms with E-state index < -0.39 is 0 Å². The second kappa shape index (κ2) is 3.92. The van der Waals surface area contributed by atoms with Crippen LogP contribution in [0.1, 0.15) is 6.42 Å². The summed E-state index contributed by atoms with van der Waals surface area (Å²) in [5.74, 6) is 0.978. The quantitative estimate of drug-likeness (QED) is 0.769. The Morgan fingerprint density at radius 2 is 2.36 bits per heavy atom. The highest BCUT2D eigenvalue weighted by Gasteiger charge is 2.25. The average Bonchev–Trinajstić information content (AvgIpc) is 2.16. The van der Waals surface area contributed by atoms with Gasteiger partial charge in [-0.3, -0.25) is 4.79 Å². The van der Waals surface area contributed by atoms with Crippen molar-refractivity contribution in [1.29, 1.82) is 0 Å². The molecule has 1 saturated heterocycles. The maximum Gasteiger partial charge on any atom is 0.223 e. The van der Waals surface area contributed by atoms with Crippen LogP contribution in [0, 0.1) is 0 Å². The van der Waals surface area contributed by atoms with E-state index in [2.05, 4.69) is 5.32 Å². The molecule has 74 valence electrons. The first-order valence-electron chi connectivity index (χ1n) is 4.38. The summed E-state index contributed by atoms with van der Waals surface area (Å²) in [5.41, 5.74) is 0. The summed E-state index contributed by atoms with van der Waals surface area (Å²) in [7, 11) is 1.65. The van der Waals surface area contributed by atoms with Crippen molar-refractivity contribution in [2.45, 2.75) is 16.7 Å². The average molecular weight is 209 g/mol. The second-order valence-corrected chi connectivity index (χ2v) is 4.33. The molecule has 1 unspecified atom stereocenters. The molecule has 0 aliphatic carbocycles. The van der Waals surface area contributed by atoms with Crippen molar-refractivity contribution in [3.63, 3.8) is 0 Å². The minimum atomic E-state index is 0.130. The zero-order chi connectivity index (χ0) is 9.97. The van der Waals surface area contributed by atoms with E-state index in [0.717, 1.165) is 10.6 Å². The van der Waals surface area contributed by atoms with Crippen LogP contribution in [0.15, 0.2) is 29.2 Å². The molecule has 1 aromatic rings. The van der Waals surface area contributed by atoms with Gasteiger partial charge in [0, 0.05) is 4.90 Å². The molecule has 1 N–H and O–H groups in total. The first-order valence-corrected chi connectivity index (χ1v) is 5.26. The van der Waals surface area contributed by atoms with Crippen LogP contribution in [0.5, 0.6) is 5.75 Å². The number of hydrogen-bond donors (Lipinski definition) is 1. The van der Waals surface area contributed by atoms with Crippen molar-refractivity contribution >= 4 is 17.7 Å². The van der Waals surface area contributed by atoms with Crippen molar-refractivity contribution in [2.75, 3.05) is 7.11 Å². The predicted molar refractivity (Wildman–Crippen MR) is 55.4 cm³/mol. The van der Waals surface area contributed by atoms with Crippen LogP contribution in [0.2, 0.25) is 0 Å². The number of ether oxygens (including phenoxy) is 1. The van der Waals surface area contributed by atoms with Gasteiger partial charge in [0.05, 0.1) is 18.9 Å². The molecule has 0 aromatic heterocycles. The van der Waals surface area contributed by atoms with Gasteiger partial charge in [-0.25, -0.2) is 0 Å². The molecule has 1 amide bonds. The minimum absolute atomic E-state index is 0.130. The van der Waals surface area contributed by atoms with E-state index in [9.17, 15) is 4.79 Å². The standard InChI is InChI=1S/C10H11NO2S/c1-13-7-3-2-4-8(5-7)14-10-6-9(12)11-10/h2-5,10H,6H2,1H3,(H,11,12). The van der Waals surface area contributed by atoms with Crippen molar-refractivity contribution in [3.8, 4) is 5.75 Å². The largest absolute Gasteiger partial charge is 0.497 e. The lowest BCUT2D eigenvalue weighted by Gasteiger charge is -2.26. The minimum Gasteiger partial charge on any atom is -0.497 e. The Morgan fingerprint density at radius 3 is 3.00 bits per heavy atom. The number of thioether (sulfide) groups is 1. The van der Waals surface area contributed by atoms with E-state index in [1.807, 2.05) is 24.3 Å². The third kappa shape index (κ3) is 2.01. The number of hydrogen-bond acceptors (Lipinski definition) is 3. The SMILES string of the molecule is COc1cccc(SC2CC(=O)N2)c1. The van der Waals surface area contributed by atoms with E-state index in [1.54, 1.807) is 18.9 Å². The summed E-state index contributed by atoms with van der Waals surface area (Å²) >= 11 is 1.65. The molecule has 3 nitrogen and oxygen atoms in total. The molecule has 1 aromatic carbocycles. The molecule has 1 aliphatic rings. The second-order valence-electron chi connectivity index (χ2n) is 3.06. The van der Waals surface area contributed by atoms with Gasteiger partial charge < -0.3 is 10.1 Å². The normalized spacial score (nSPS) is 19.8. The molecule has 2 rings (SSSR count). The molecular weight excluding hydrogens is 198 g/mol. The molecule has 0 saturated carbocycles. The van der Waals surface area contributed by atoms with Gasteiger partial charge in [-0.05, 0) is 18.2 Å². The molecule has 4 heteroatoms. The number of β-lactam (4-membered cyclic amide) rings is 1. The molecule has 1 heterocycles. The fourth-order valence-electron chi connectivity index (χ4n) is 1.24. The summed E-state index contributed by atoms with van der Waals surface area (Å²) in [6, 6.07) is 7.83. The highest BCUT2D eigenvalue weighted by atomic mass is 32.2. The van der Waals surface area contributed by atoms with E-state index in [4.69, 9.17) is 4.74 Å². The molecular formula is C10H11NO2S. The van der Waals surface area contributed by atoms with Crippen LogP contribution in [0.3, 0.4) is 0 Å². The zero-order valence-electron chi connectivity index (χ0n) is 7.82. The Morgan fingerprint density at radius 1 is 1.57 bits per heavy atom. The monoisotopic (exact) mass is 209 g/mol. The predicted octanol–water partition coefficient (Wildman–Crippen LogP) is 1.63. The highest BCUT2D eigenvalue weighted by Crippen LogP contribution is 2.29. The van der Waals surface area contributed by atoms with Gasteiger partial charge >= 0.3 is 0 Å². The summed E-state index contributed by atoms with van der Waals surface area (Å²) < 4.78 is 5.11. The topological polar surface area (TPSA) is 38.3 Å². The molecule has 14 heavy (non-hydrogen) atoms. The number of amides is 1. The first kappa shape index (κ1) is 9.40. The van der Waals surface area contributed by atoms with Crippen LogP contribution in [0.25, 0.3) is 0 Å². The van der Waals surface area contributed by atoms with Gasteiger partial charge in [0.2, 0.25) is 5.91 Å². The van der Waals surface area contributed by atoms with Crippen molar-refractivity contribution in [2.24, 2.45) is 0 Å². The van der Waals surface area contributed by atoms with Gasteiger partial charge in [-0.1, -0.05) is 6.07 Å². The maximum atomic E-state index is 10.7. The summed E-state index contributed by atoms with van der Waals surface area (Å²) in [6.07, 6.45) is 0.613. The van der Waals surface area contributed by atoms with Crippen LogP contribution in [-0.2, 0) is 4.79 Å². The number of benzene rings is 1. The lowest BCUT2D eigenvalue weighted by molar-refractivity contribution is -0.126. The maximum absolute atomic E-state index is 10.7. The Balaban J connectivity index is 1.98. The lowest BCUT2D eigenvalue weighted by atomic mass is 10.3. The molecule has 1 atom stereocenters. The van der Waals surface area contributed by atoms with E-state index >= 15 is 0 Å². The fraction of sp³-hybridized carbons (Fsp3) is 0.300. The molecule has 0 radical (unpaired) electrons. The first-order chi connectivity index (χ1) is 6.78. The number of carbonyl (C=O) groups is 1. The van der Waals surface area contributed by atoms with Gasteiger partial charge in [0.15, 0.2) is 0 Å². The van der Waals surface area contributed by atoms with Gasteiger partial charge in [-0.2, -0.15) is 0 Å². The summed E-state index contributed by atoms with van der Waals surface area (Å²) in [5, 5.41) is 3.04. The Labute approximate surface area is 86.8 Å². The molecule has 1 aliphatic heterocycles. The number of nitrogens with one attached hydrogen (secondary N) is 1. The van der Waals surface area contributed by atoms with Crippen LogP contribution >= 0.6 is 11.8 Å². The van der Waals surface area contributed by atoms with Gasteiger partial charge in [-0.15, -0.1) is 11.8 Å².